The number of thioether (sulfide) groups is 1. The summed E-state index contributed by atoms with van der Waals surface area (Å²) in [7, 11) is 1.60. The molecule has 2 amide bonds. The van der Waals surface area contributed by atoms with Gasteiger partial charge in [0.2, 0.25) is 11.8 Å². The third-order valence-corrected chi connectivity index (χ3v) is 5.41. The molecule has 1 unspecified atom stereocenters. The SMILES string of the molecule is COc1ccc(-c2n[nH]c(CNC(=O)C(C)SCC(=O)Nc3ccc(F)cc3)n2)cc1. The molecule has 8 nitrogen and oxygen atoms in total. The van der Waals surface area contributed by atoms with Crippen LogP contribution in [-0.2, 0) is 16.1 Å². The summed E-state index contributed by atoms with van der Waals surface area (Å²) in [4.78, 5) is 28.7. The summed E-state index contributed by atoms with van der Waals surface area (Å²) in [5.41, 5.74) is 1.33. The maximum atomic E-state index is 12.9. The van der Waals surface area contributed by atoms with Crippen LogP contribution < -0.4 is 15.4 Å². The molecule has 0 radical (unpaired) electrons. The Morgan fingerprint density at radius 3 is 2.55 bits per heavy atom. The summed E-state index contributed by atoms with van der Waals surface area (Å²) >= 11 is 1.20. The lowest BCUT2D eigenvalue weighted by Gasteiger charge is -2.11. The van der Waals surface area contributed by atoms with E-state index in [1.54, 1.807) is 14.0 Å². The van der Waals surface area contributed by atoms with E-state index in [2.05, 4.69) is 25.8 Å². The van der Waals surface area contributed by atoms with E-state index in [0.717, 1.165) is 11.3 Å². The first-order chi connectivity index (χ1) is 14.9. The molecule has 1 heterocycles. The van der Waals surface area contributed by atoms with Crippen molar-refractivity contribution in [3.8, 4) is 17.1 Å². The first kappa shape index (κ1) is 22.3. The fraction of sp³-hybridized carbons (Fsp3) is 0.238. The van der Waals surface area contributed by atoms with Gasteiger partial charge >= 0.3 is 0 Å². The Balaban J connectivity index is 1.43. The first-order valence-corrected chi connectivity index (χ1v) is 10.5. The molecule has 0 aliphatic rings. The monoisotopic (exact) mass is 443 g/mol. The lowest BCUT2D eigenvalue weighted by molar-refractivity contribution is -0.120. The second kappa shape index (κ2) is 10.6. The summed E-state index contributed by atoms with van der Waals surface area (Å²) in [5.74, 6) is 1.01. The van der Waals surface area contributed by atoms with E-state index in [9.17, 15) is 14.0 Å². The molecular formula is C21H22FN5O3S. The highest BCUT2D eigenvalue weighted by Crippen LogP contribution is 2.19. The number of methoxy groups -OCH3 is 1. The normalized spacial score (nSPS) is 11.6. The third kappa shape index (κ3) is 6.54. The summed E-state index contributed by atoms with van der Waals surface area (Å²) < 4.78 is 18.0. The van der Waals surface area contributed by atoms with E-state index in [4.69, 9.17) is 4.74 Å². The molecule has 1 aromatic heterocycles. The maximum absolute atomic E-state index is 12.9. The second-order valence-electron chi connectivity index (χ2n) is 6.56. The van der Waals surface area contributed by atoms with Crippen LogP contribution in [-0.4, -0.2) is 45.1 Å². The van der Waals surface area contributed by atoms with E-state index < -0.39 is 5.25 Å². The molecule has 10 heteroatoms. The number of aromatic amines is 1. The average molecular weight is 444 g/mol. The number of halogens is 1. The lowest BCUT2D eigenvalue weighted by Crippen LogP contribution is -2.31. The lowest BCUT2D eigenvalue weighted by atomic mass is 10.2. The van der Waals surface area contributed by atoms with Gasteiger partial charge < -0.3 is 15.4 Å². The molecule has 3 N–H and O–H groups in total. The van der Waals surface area contributed by atoms with Gasteiger partial charge in [-0.2, -0.15) is 5.10 Å². The van der Waals surface area contributed by atoms with Gasteiger partial charge in [-0.25, -0.2) is 9.37 Å². The third-order valence-electron chi connectivity index (χ3n) is 4.27. The number of aromatic nitrogens is 3. The molecule has 3 rings (SSSR count). The zero-order valence-electron chi connectivity index (χ0n) is 17.0. The van der Waals surface area contributed by atoms with Gasteiger partial charge in [-0.05, 0) is 55.5 Å². The van der Waals surface area contributed by atoms with Crippen LogP contribution in [0.4, 0.5) is 10.1 Å². The summed E-state index contributed by atoms with van der Waals surface area (Å²) in [5, 5.41) is 12.0. The van der Waals surface area contributed by atoms with Gasteiger partial charge in [-0.15, -0.1) is 11.8 Å². The van der Waals surface area contributed by atoms with Crippen molar-refractivity contribution < 1.29 is 18.7 Å². The number of anilines is 1. The average Bonchev–Trinajstić information content (AvgIpc) is 3.26. The predicted octanol–water partition coefficient (Wildman–Crippen LogP) is 3.00. The molecule has 0 spiro atoms. The molecule has 0 aliphatic carbocycles. The smallest absolute Gasteiger partial charge is 0.234 e. The van der Waals surface area contributed by atoms with E-state index in [1.807, 2.05) is 24.3 Å². The van der Waals surface area contributed by atoms with Crippen LogP contribution >= 0.6 is 11.8 Å². The number of benzene rings is 2. The number of carbonyl (C=O) groups is 2. The van der Waals surface area contributed by atoms with Crippen molar-refractivity contribution in [2.24, 2.45) is 0 Å². The van der Waals surface area contributed by atoms with Crippen LogP contribution in [0.25, 0.3) is 11.4 Å². The van der Waals surface area contributed by atoms with Gasteiger partial charge in [-0.3, -0.25) is 14.7 Å². The number of carbonyl (C=O) groups excluding carboxylic acids is 2. The number of nitrogens with zero attached hydrogens (tertiary/aromatic N) is 2. The summed E-state index contributed by atoms with van der Waals surface area (Å²) in [6.07, 6.45) is 0. The molecule has 31 heavy (non-hydrogen) atoms. The highest BCUT2D eigenvalue weighted by Gasteiger charge is 2.16. The van der Waals surface area contributed by atoms with Crippen molar-refractivity contribution in [3.05, 3.63) is 60.2 Å². The highest BCUT2D eigenvalue weighted by molar-refractivity contribution is 8.01. The fourth-order valence-electron chi connectivity index (χ4n) is 2.56. The molecule has 1 atom stereocenters. The van der Waals surface area contributed by atoms with Crippen LogP contribution in [0.3, 0.4) is 0 Å². The van der Waals surface area contributed by atoms with Crippen LogP contribution in [0.15, 0.2) is 48.5 Å². The Kier molecular flexibility index (Phi) is 7.60. The minimum atomic E-state index is -0.442. The van der Waals surface area contributed by atoms with Gasteiger partial charge in [0.05, 0.1) is 24.7 Å². The summed E-state index contributed by atoms with van der Waals surface area (Å²) in [6.45, 7) is 1.91. The Morgan fingerprint density at radius 1 is 1.16 bits per heavy atom. The van der Waals surface area contributed by atoms with E-state index in [1.165, 1.54) is 36.0 Å². The molecule has 0 bridgehead atoms. The standard InChI is InChI=1S/C21H22FN5O3S/c1-13(31-12-19(28)24-16-7-5-15(22)6-8-16)21(29)23-11-18-25-20(27-26-18)14-3-9-17(30-2)10-4-14/h3-10,13H,11-12H2,1-2H3,(H,23,29)(H,24,28)(H,25,26,27). The number of amides is 2. The molecule has 0 aliphatic heterocycles. The van der Waals surface area contributed by atoms with Crippen molar-refractivity contribution in [1.29, 1.82) is 0 Å². The summed E-state index contributed by atoms with van der Waals surface area (Å²) in [6, 6.07) is 12.8. The Morgan fingerprint density at radius 2 is 1.87 bits per heavy atom. The number of hydrogen-bond donors (Lipinski definition) is 3. The van der Waals surface area contributed by atoms with Crippen molar-refractivity contribution in [1.82, 2.24) is 20.5 Å². The van der Waals surface area contributed by atoms with Gasteiger partial charge in [0.25, 0.3) is 0 Å². The zero-order valence-corrected chi connectivity index (χ0v) is 17.8. The number of rotatable bonds is 9. The molecule has 0 saturated heterocycles. The van der Waals surface area contributed by atoms with Gasteiger partial charge in [0.1, 0.15) is 17.4 Å². The minimum Gasteiger partial charge on any atom is -0.497 e. The fourth-order valence-corrected chi connectivity index (χ4v) is 3.27. The Bertz CT molecular complexity index is 1020. The topological polar surface area (TPSA) is 109 Å². The van der Waals surface area contributed by atoms with Crippen LogP contribution in [0.2, 0.25) is 0 Å². The van der Waals surface area contributed by atoms with Crippen LogP contribution in [0.5, 0.6) is 5.75 Å². The largest absolute Gasteiger partial charge is 0.497 e. The van der Waals surface area contributed by atoms with Crippen LogP contribution in [0.1, 0.15) is 12.7 Å². The number of H-pyrrole nitrogens is 1. The number of nitrogens with one attached hydrogen (secondary N) is 3. The van der Waals surface area contributed by atoms with E-state index in [-0.39, 0.29) is 29.9 Å². The van der Waals surface area contributed by atoms with Crippen molar-refractivity contribution >= 4 is 29.3 Å². The van der Waals surface area contributed by atoms with Crippen molar-refractivity contribution in [2.45, 2.75) is 18.7 Å². The van der Waals surface area contributed by atoms with Gasteiger partial charge in [-0.1, -0.05) is 0 Å². The number of ether oxygens (including phenoxy) is 1. The molecular weight excluding hydrogens is 421 g/mol. The van der Waals surface area contributed by atoms with Gasteiger partial charge in [0, 0.05) is 11.3 Å². The molecule has 0 fully saturated rings. The molecule has 3 aromatic rings. The van der Waals surface area contributed by atoms with Crippen LogP contribution in [0, 0.1) is 5.82 Å². The number of hydrogen-bond acceptors (Lipinski definition) is 6. The molecule has 0 saturated carbocycles. The first-order valence-electron chi connectivity index (χ1n) is 9.45. The second-order valence-corrected chi connectivity index (χ2v) is 7.89. The van der Waals surface area contributed by atoms with E-state index in [0.29, 0.717) is 17.3 Å². The highest BCUT2D eigenvalue weighted by atomic mass is 32.2. The van der Waals surface area contributed by atoms with Crippen molar-refractivity contribution in [2.75, 3.05) is 18.2 Å². The zero-order chi connectivity index (χ0) is 22.2. The van der Waals surface area contributed by atoms with Crippen molar-refractivity contribution in [3.63, 3.8) is 0 Å². The molecule has 2 aromatic carbocycles. The molecule has 162 valence electrons. The quantitative estimate of drug-likeness (QED) is 0.469. The predicted molar refractivity (Wildman–Crippen MR) is 117 cm³/mol. The Hall–Kier alpha value is -3.40. The van der Waals surface area contributed by atoms with E-state index >= 15 is 0 Å². The van der Waals surface area contributed by atoms with Gasteiger partial charge in [0.15, 0.2) is 5.82 Å². The Labute approximate surface area is 183 Å². The maximum Gasteiger partial charge on any atom is 0.234 e. The minimum absolute atomic E-state index is 0.0931.